The molecule has 1 amide bonds. The maximum Gasteiger partial charge on any atom is 0.416 e. The van der Waals surface area contributed by atoms with E-state index in [1.54, 1.807) is 18.6 Å². The number of hydrogen-bond donors (Lipinski definition) is 1. The van der Waals surface area contributed by atoms with Crippen LogP contribution < -0.4 is 10.1 Å². The van der Waals surface area contributed by atoms with E-state index in [0.717, 1.165) is 34.7 Å². The minimum atomic E-state index is -4.43. The first kappa shape index (κ1) is 19.9. The zero-order valence-corrected chi connectivity index (χ0v) is 15.8. The lowest BCUT2D eigenvalue weighted by atomic mass is 10.0. The Morgan fingerprint density at radius 2 is 2.03 bits per heavy atom. The molecule has 2 aromatic carbocycles. The third-order valence-corrected chi connectivity index (χ3v) is 4.81. The largest absolute Gasteiger partial charge is 0.488 e. The fourth-order valence-corrected chi connectivity index (χ4v) is 3.37. The molecule has 3 aromatic rings. The highest BCUT2D eigenvalue weighted by Gasteiger charge is 2.30. The number of amides is 1. The molecule has 1 aliphatic rings. The van der Waals surface area contributed by atoms with Crippen LogP contribution in [-0.4, -0.2) is 28.5 Å². The molecule has 0 radical (unpaired) electrons. The van der Waals surface area contributed by atoms with Crippen LogP contribution in [0.25, 0.3) is 11.3 Å². The maximum absolute atomic E-state index is 12.8. The molecule has 1 N–H and O–H groups in total. The molecule has 5 nitrogen and oxygen atoms in total. The molecule has 30 heavy (non-hydrogen) atoms. The predicted molar refractivity (Wildman–Crippen MR) is 104 cm³/mol. The summed E-state index contributed by atoms with van der Waals surface area (Å²) in [6.45, 7) is 0.271. The molecular weight excluding hydrogens is 395 g/mol. The van der Waals surface area contributed by atoms with Crippen LogP contribution in [0.15, 0.2) is 61.1 Å². The molecular formula is C22H18F3N3O2. The number of alkyl halides is 3. The van der Waals surface area contributed by atoms with Gasteiger partial charge in [-0.15, -0.1) is 0 Å². The van der Waals surface area contributed by atoms with Crippen LogP contribution in [0, 0.1) is 0 Å². The first-order valence-electron chi connectivity index (χ1n) is 9.37. The molecule has 0 saturated heterocycles. The van der Waals surface area contributed by atoms with Crippen molar-refractivity contribution < 1.29 is 22.7 Å². The molecule has 0 bridgehead atoms. The number of hydrogen-bond acceptors (Lipinski definition) is 4. The molecule has 154 valence electrons. The summed E-state index contributed by atoms with van der Waals surface area (Å²) in [6, 6.07) is 10.5. The van der Waals surface area contributed by atoms with Crippen LogP contribution in [0.5, 0.6) is 5.75 Å². The monoisotopic (exact) mass is 413 g/mol. The Hall–Kier alpha value is -3.42. The summed E-state index contributed by atoms with van der Waals surface area (Å²) < 4.78 is 44.3. The van der Waals surface area contributed by atoms with E-state index in [4.69, 9.17) is 4.74 Å². The third-order valence-electron chi connectivity index (χ3n) is 4.81. The molecule has 1 unspecified atom stereocenters. The fraction of sp³-hybridized carbons (Fsp3) is 0.227. The minimum absolute atomic E-state index is 0.125. The standard InChI is InChI=1S/C22H18F3N3O2/c23-22(24,25)17-3-1-2-14(8-17)9-21(29)28-12-18-11-16-10-15(4-5-20(16)30-18)19-13-26-6-7-27-19/h1-8,10,13,18H,9,11-12H2,(H,28,29). The highest BCUT2D eigenvalue weighted by Crippen LogP contribution is 2.32. The van der Waals surface area contributed by atoms with Crippen molar-refractivity contribution in [3.63, 3.8) is 0 Å². The van der Waals surface area contributed by atoms with Crippen molar-refractivity contribution in [2.45, 2.75) is 25.1 Å². The van der Waals surface area contributed by atoms with E-state index < -0.39 is 11.7 Å². The van der Waals surface area contributed by atoms with Crippen molar-refractivity contribution in [2.24, 2.45) is 0 Å². The van der Waals surface area contributed by atoms with E-state index in [9.17, 15) is 18.0 Å². The van der Waals surface area contributed by atoms with E-state index in [1.165, 1.54) is 12.1 Å². The van der Waals surface area contributed by atoms with E-state index in [1.807, 2.05) is 18.2 Å². The summed E-state index contributed by atoms with van der Waals surface area (Å²) in [5.74, 6) is 0.397. The second kappa shape index (κ2) is 8.14. The highest BCUT2D eigenvalue weighted by molar-refractivity contribution is 5.78. The minimum Gasteiger partial charge on any atom is -0.488 e. The van der Waals surface area contributed by atoms with E-state index in [-0.39, 0.29) is 25.0 Å². The van der Waals surface area contributed by atoms with Crippen molar-refractivity contribution in [1.82, 2.24) is 15.3 Å². The number of fused-ring (bicyclic) bond motifs is 1. The SMILES string of the molecule is O=C(Cc1cccc(C(F)(F)F)c1)NCC1Cc2cc(-c3cnccn3)ccc2O1. The average Bonchev–Trinajstić information content (AvgIpc) is 3.15. The Morgan fingerprint density at radius 3 is 2.80 bits per heavy atom. The lowest BCUT2D eigenvalue weighted by Crippen LogP contribution is -2.35. The van der Waals surface area contributed by atoms with Gasteiger partial charge in [0.2, 0.25) is 5.91 Å². The van der Waals surface area contributed by atoms with Gasteiger partial charge in [0.1, 0.15) is 11.9 Å². The molecule has 1 aromatic heterocycles. The van der Waals surface area contributed by atoms with Gasteiger partial charge in [-0.1, -0.05) is 18.2 Å². The molecule has 2 heterocycles. The van der Waals surface area contributed by atoms with Gasteiger partial charge in [-0.05, 0) is 35.4 Å². The van der Waals surface area contributed by atoms with Crippen LogP contribution in [0.1, 0.15) is 16.7 Å². The first-order valence-corrected chi connectivity index (χ1v) is 9.37. The number of benzene rings is 2. The number of carbonyl (C=O) groups excluding carboxylic acids is 1. The van der Waals surface area contributed by atoms with Gasteiger partial charge in [-0.3, -0.25) is 14.8 Å². The van der Waals surface area contributed by atoms with Gasteiger partial charge in [-0.2, -0.15) is 13.2 Å². The Bertz CT molecular complexity index is 1050. The van der Waals surface area contributed by atoms with E-state index >= 15 is 0 Å². The molecule has 4 rings (SSSR count). The topological polar surface area (TPSA) is 64.1 Å². The maximum atomic E-state index is 12.8. The Kier molecular flexibility index (Phi) is 5.39. The molecule has 8 heteroatoms. The molecule has 1 aliphatic heterocycles. The van der Waals surface area contributed by atoms with Crippen molar-refractivity contribution in [3.8, 4) is 17.0 Å². The van der Waals surface area contributed by atoms with Crippen LogP contribution in [0.3, 0.4) is 0 Å². The number of nitrogens with zero attached hydrogens (tertiary/aromatic N) is 2. The number of carbonyl (C=O) groups is 1. The van der Waals surface area contributed by atoms with Gasteiger partial charge in [0.25, 0.3) is 0 Å². The summed E-state index contributed by atoms with van der Waals surface area (Å²) in [6.07, 6.45) is 0.749. The van der Waals surface area contributed by atoms with Crippen LogP contribution in [-0.2, 0) is 23.8 Å². The summed E-state index contributed by atoms with van der Waals surface area (Å²) >= 11 is 0. The molecule has 0 spiro atoms. The van der Waals surface area contributed by atoms with E-state index in [2.05, 4.69) is 15.3 Å². The molecule has 0 saturated carbocycles. The van der Waals surface area contributed by atoms with Crippen molar-refractivity contribution in [1.29, 1.82) is 0 Å². The van der Waals surface area contributed by atoms with Crippen LogP contribution >= 0.6 is 0 Å². The number of ether oxygens (including phenoxy) is 1. The zero-order valence-electron chi connectivity index (χ0n) is 15.8. The van der Waals surface area contributed by atoms with Crippen molar-refractivity contribution in [3.05, 3.63) is 77.7 Å². The quantitative estimate of drug-likeness (QED) is 0.691. The van der Waals surface area contributed by atoms with Crippen LogP contribution in [0.2, 0.25) is 0 Å². The van der Waals surface area contributed by atoms with Gasteiger partial charge in [0.05, 0.1) is 30.4 Å². The highest BCUT2D eigenvalue weighted by atomic mass is 19.4. The van der Waals surface area contributed by atoms with Crippen LogP contribution in [0.4, 0.5) is 13.2 Å². The van der Waals surface area contributed by atoms with Crippen molar-refractivity contribution in [2.75, 3.05) is 6.54 Å². The smallest absolute Gasteiger partial charge is 0.416 e. The van der Waals surface area contributed by atoms with Gasteiger partial charge in [0.15, 0.2) is 0 Å². The number of aromatic nitrogens is 2. The predicted octanol–water partition coefficient (Wildman–Crippen LogP) is 3.82. The fourth-order valence-electron chi connectivity index (χ4n) is 3.37. The van der Waals surface area contributed by atoms with Crippen molar-refractivity contribution >= 4 is 5.91 Å². The summed E-state index contributed by atoms with van der Waals surface area (Å²) in [5, 5.41) is 2.74. The molecule has 1 atom stereocenters. The third kappa shape index (κ3) is 4.59. The summed E-state index contributed by atoms with van der Waals surface area (Å²) in [7, 11) is 0. The number of rotatable bonds is 5. The number of halogens is 3. The number of nitrogens with one attached hydrogen (secondary N) is 1. The second-order valence-corrected chi connectivity index (χ2v) is 7.04. The Labute approximate surface area is 170 Å². The Morgan fingerprint density at radius 1 is 1.17 bits per heavy atom. The Balaban J connectivity index is 1.33. The normalized spacial score (nSPS) is 15.4. The van der Waals surface area contributed by atoms with Gasteiger partial charge in [0, 0.05) is 24.4 Å². The first-order chi connectivity index (χ1) is 14.4. The van der Waals surface area contributed by atoms with Gasteiger partial charge >= 0.3 is 6.18 Å². The summed E-state index contributed by atoms with van der Waals surface area (Å²) in [4.78, 5) is 20.5. The lowest BCUT2D eigenvalue weighted by Gasteiger charge is -2.12. The zero-order chi connectivity index (χ0) is 21.1. The second-order valence-electron chi connectivity index (χ2n) is 7.04. The molecule has 0 aliphatic carbocycles. The van der Waals surface area contributed by atoms with E-state index in [0.29, 0.717) is 12.0 Å². The molecule has 0 fully saturated rings. The van der Waals surface area contributed by atoms with Gasteiger partial charge < -0.3 is 10.1 Å². The van der Waals surface area contributed by atoms with Gasteiger partial charge in [-0.25, -0.2) is 0 Å². The lowest BCUT2D eigenvalue weighted by molar-refractivity contribution is -0.137. The summed E-state index contributed by atoms with van der Waals surface area (Å²) in [5.41, 5.74) is 2.25. The average molecular weight is 413 g/mol.